The van der Waals surface area contributed by atoms with Crippen LogP contribution in [0.4, 0.5) is 0 Å². The zero-order valence-corrected chi connectivity index (χ0v) is 17.6. The van der Waals surface area contributed by atoms with Crippen LogP contribution in [0, 0.1) is 26.7 Å². The molecule has 5 nitrogen and oxygen atoms in total. The van der Waals surface area contributed by atoms with Gasteiger partial charge in [-0.05, 0) is 50.3 Å². The van der Waals surface area contributed by atoms with Gasteiger partial charge in [-0.2, -0.15) is 4.31 Å². The predicted molar refractivity (Wildman–Crippen MR) is 110 cm³/mol. The van der Waals surface area contributed by atoms with Gasteiger partial charge in [-0.3, -0.25) is 4.79 Å². The van der Waals surface area contributed by atoms with Gasteiger partial charge in [0, 0.05) is 19.6 Å². The normalized spacial score (nSPS) is 18.0. The summed E-state index contributed by atoms with van der Waals surface area (Å²) >= 11 is 0. The van der Waals surface area contributed by atoms with E-state index in [4.69, 9.17) is 0 Å². The van der Waals surface area contributed by atoms with Gasteiger partial charge in [0.05, 0.1) is 10.8 Å². The van der Waals surface area contributed by atoms with Crippen LogP contribution < -0.4 is 5.32 Å². The van der Waals surface area contributed by atoms with Gasteiger partial charge >= 0.3 is 0 Å². The molecule has 1 aliphatic rings. The molecule has 0 bridgehead atoms. The van der Waals surface area contributed by atoms with Gasteiger partial charge in [-0.1, -0.05) is 48.0 Å². The maximum atomic E-state index is 13.3. The quantitative estimate of drug-likeness (QED) is 0.837. The molecule has 1 saturated heterocycles. The Balaban J connectivity index is 1.73. The van der Waals surface area contributed by atoms with Crippen LogP contribution in [0.5, 0.6) is 0 Å². The van der Waals surface area contributed by atoms with Crippen molar-refractivity contribution in [3.63, 3.8) is 0 Å². The number of rotatable bonds is 5. The van der Waals surface area contributed by atoms with Crippen LogP contribution in [0.1, 0.15) is 35.1 Å². The van der Waals surface area contributed by atoms with Crippen molar-refractivity contribution in [3.05, 3.63) is 64.7 Å². The zero-order chi connectivity index (χ0) is 20.3. The molecule has 1 unspecified atom stereocenters. The van der Waals surface area contributed by atoms with E-state index < -0.39 is 10.0 Å². The minimum Gasteiger partial charge on any atom is -0.352 e. The Morgan fingerprint density at radius 1 is 1.11 bits per heavy atom. The number of sulfonamides is 1. The van der Waals surface area contributed by atoms with E-state index in [9.17, 15) is 13.2 Å². The van der Waals surface area contributed by atoms with Gasteiger partial charge in [-0.15, -0.1) is 0 Å². The summed E-state index contributed by atoms with van der Waals surface area (Å²) in [6.45, 7) is 6.78. The number of nitrogens with zero attached hydrogens (tertiary/aromatic N) is 1. The standard InChI is InChI=1S/C22H28N2O3S/c1-16-12-17(2)21(18(3)13-16)28(26,27)24-11-7-10-20(15-24)22(25)23-14-19-8-5-4-6-9-19/h4-6,8-9,12-13,20H,7,10-11,14-15H2,1-3H3,(H,23,25). The molecule has 1 N–H and O–H groups in total. The largest absolute Gasteiger partial charge is 0.352 e. The van der Waals surface area contributed by atoms with Crippen molar-refractivity contribution in [3.8, 4) is 0 Å². The van der Waals surface area contributed by atoms with Crippen molar-refractivity contribution >= 4 is 15.9 Å². The molecule has 0 spiro atoms. The third kappa shape index (κ3) is 4.45. The summed E-state index contributed by atoms with van der Waals surface area (Å²) in [6, 6.07) is 13.5. The van der Waals surface area contributed by atoms with E-state index in [0.717, 1.165) is 22.3 Å². The van der Waals surface area contributed by atoms with E-state index in [1.54, 1.807) is 0 Å². The Hall–Kier alpha value is -2.18. The average Bonchev–Trinajstić information content (AvgIpc) is 2.66. The molecule has 0 aliphatic carbocycles. The minimum atomic E-state index is -3.62. The number of piperidine rings is 1. The molecule has 6 heteroatoms. The number of hydrogen-bond acceptors (Lipinski definition) is 3. The number of carbonyl (C=O) groups is 1. The highest BCUT2D eigenvalue weighted by Crippen LogP contribution is 2.29. The van der Waals surface area contributed by atoms with Crippen LogP contribution in [0.3, 0.4) is 0 Å². The molecule has 1 aliphatic heterocycles. The van der Waals surface area contributed by atoms with Crippen LogP contribution in [0.2, 0.25) is 0 Å². The fraction of sp³-hybridized carbons (Fsp3) is 0.409. The van der Waals surface area contributed by atoms with Crippen molar-refractivity contribution in [1.29, 1.82) is 0 Å². The number of aryl methyl sites for hydroxylation is 3. The first-order valence-corrected chi connectivity index (χ1v) is 11.1. The highest BCUT2D eigenvalue weighted by molar-refractivity contribution is 7.89. The monoisotopic (exact) mass is 400 g/mol. The lowest BCUT2D eigenvalue weighted by atomic mass is 9.99. The Kier molecular flexibility index (Phi) is 6.20. The van der Waals surface area contributed by atoms with Gasteiger partial charge in [0.1, 0.15) is 0 Å². The molecule has 2 aromatic rings. The molecule has 1 heterocycles. The highest BCUT2D eigenvalue weighted by atomic mass is 32.2. The molecule has 2 aromatic carbocycles. The maximum Gasteiger partial charge on any atom is 0.243 e. The third-order valence-electron chi connectivity index (χ3n) is 5.27. The maximum absolute atomic E-state index is 13.3. The van der Waals surface area contributed by atoms with E-state index >= 15 is 0 Å². The predicted octanol–water partition coefficient (Wildman–Crippen LogP) is 3.33. The summed E-state index contributed by atoms with van der Waals surface area (Å²) in [4.78, 5) is 13.0. The minimum absolute atomic E-state index is 0.0823. The van der Waals surface area contributed by atoms with Crippen LogP contribution in [0.15, 0.2) is 47.4 Å². The van der Waals surface area contributed by atoms with Gasteiger partial charge in [0.15, 0.2) is 0 Å². The van der Waals surface area contributed by atoms with Crippen molar-refractivity contribution in [2.45, 2.75) is 45.1 Å². The van der Waals surface area contributed by atoms with Crippen LogP contribution in [-0.4, -0.2) is 31.7 Å². The van der Waals surface area contributed by atoms with E-state index in [2.05, 4.69) is 5.32 Å². The summed E-state index contributed by atoms with van der Waals surface area (Å²) in [5.74, 6) is -0.403. The average molecular weight is 401 g/mol. The van der Waals surface area contributed by atoms with Crippen molar-refractivity contribution < 1.29 is 13.2 Å². The second-order valence-electron chi connectivity index (χ2n) is 7.63. The van der Waals surface area contributed by atoms with Gasteiger partial charge in [0.2, 0.25) is 15.9 Å². The fourth-order valence-electron chi connectivity index (χ4n) is 4.01. The Morgan fingerprint density at radius 3 is 2.39 bits per heavy atom. The Morgan fingerprint density at radius 2 is 1.75 bits per heavy atom. The number of benzene rings is 2. The second kappa shape index (κ2) is 8.45. The Labute approximate surface area is 167 Å². The molecule has 1 fully saturated rings. The fourth-order valence-corrected chi connectivity index (χ4v) is 5.94. The van der Waals surface area contributed by atoms with Gasteiger partial charge in [-0.25, -0.2) is 8.42 Å². The second-order valence-corrected chi connectivity index (χ2v) is 9.51. The molecule has 3 rings (SSSR count). The van der Waals surface area contributed by atoms with E-state index in [1.807, 2.05) is 63.2 Å². The smallest absolute Gasteiger partial charge is 0.243 e. The first-order chi connectivity index (χ1) is 13.3. The number of carbonyl (C=O) groups excluding carboxylic acids is 1. The molecule has 1 atom stereocenters. The van der Waals surface area contributed by atoms with E-state index in [0.29, 0.717) is 30.8 Å². The SMILES string of the molecule is Cc1cc(C)c(S(=O)(=O)N2CCCC(C(=O)NCc3ccccc3)C2)c(C)c1. The van der Waals surface area contributed by atoms with Gasteiger partial charge in [0.25, 0.3) is 0 Å². The lowest BCUT2D eigenvalue weighted by molar-refractivity contribution is -0.126. The number of amides is 1. The molecule has 0 saturated carbocycles. The summed E-state index contributed by atoms with van der Waals surface area (Å²) in [5.41, 5.74) is 3.59. The van der Waals surface area contributed by atoms with Crippen molar-refractivity contribution in [2.24, 2.45) is 5.92 Å². The summed E-state index contributed by atoms with van der Waals surface area (Å²) < 4.78 is 28.0. The molecular weight excluding hydrogens is 372 g/mol. The molecule has 150 valence electrons. The Bertz CT molecular complexity index is 932. The molecule has 1 amide bonds. The molecule has 28 heavy (non-hydrogen) atoms. The first-order valence-electron chi connectivity index (χ1n) is 9.68. The summed E-state index contributed by atoms with van der Waals surface area (Å²) in [7, 11) is -3.62. The van der Waals surface area contributed by atoms with Crippen molar-refractivity contribution in [1.82, 2.24) is 9.62 Å². The topological polar surface area (TPSA) is 66.5 Å². The summed E-state index contributed by atoms with van der Waals surface area (Å²) in [5, 5.41) is 2.95. The molecular formula is C22H28N2O3S. The van der Waals surface area contributed by atoms with Crippen molar-refractivity contribution in [2.75, 3.05) is 13.1 Å². The highest BCUT2D eigenvalue weighted by Gasteiger charge is 2.34. The molecule has 0 aromatic heterocycles. The zero-order valence-electron chi connectivity index (χ0n) is 16.7. The number of hydrogen-bond donors (Lipinski definition) is 1. The third-order valence-corrected chi connectivity index (χ3v) is 7.44. The lowest BCUT2D eigenvalue weighted by Gasteiger charge is -2.32. The van der Waals surface area contributed by atoms with Gasteiger partial charge < -0.3 is 5.32 Å². The summed E-state index contributed by atoms with van der Waals surface area (Å²) in [6.07, 6.45) is 1.39. The lowest BCUT2D eigenvalue weighted by Crippen LogP contribution is -2.45. The molecule has 0 radical (unpaired) electrons. The first kappa shape index (κ1) is 20.6. The van der Waals surface area contributed by atoms with Crippen LogP contribution in [0.25, 0.3) is 0 Å². The van der Waals surface area contributed by atoms with E-state index in [-0.39, 0.29) is 18.4 Å². The number of nitrogens with one attached hydrogen (secondary N) is 1. The van der Waals surface area contributed by atoms with Crippen LogP contribution in [-0.2, 0) is 21.4 Å². The van der Waals surface area contributed by atoms with E-state index in [1.165, 1.54) is 4.31 Å². The van der Waals surface area contributed by atoms with Crippen LogP contribution >= 0.6 is 0 Å².